The summed E-state index contributed by atoms with van der Waals surface area (Å²) in [4.78, 5) is 16.1. The van der Waals surface area contributed by atoms with Gasteiger partial charge in [0.1, 0.15) is 11.5 Å². The summed E-state index contributed by atoms with van der Waals surface area (Å²) in [5, 5.41) is 1.84. The van der Waals surface area contributed by atoms with Crippen LogP contribution in [0.4, 0.5) is 0 Å². The van der Waals surface area contributed by atoms with Crippen molar-refractivity contribution in [1.82, 2.24) is 9.55 Å². The average Bonchev–Trinajstić information content (AvgIpc) is 3.07. The number of aryl methyl sites for hydroxylation is 2. The molecule has 0 aliphatic carbocycles. The van der Waals surface area contributed by atoms with Crippen LogP contribution in [0, 0.1) is 13.8 Å². The third kappa shape index (κ3) is 2.15. The van der Waals surface area contributed by atoms with Gasteiger partial charge in [-0.05, 0) is 26.0 Å². The van der Waals surface area contributed by atoms with E-state index in [1.165, 1.54) is 11.3 Å². The summed E-state index contributed by atoms with van der Waals surface area (Å²) in [5.74, 6) is 1.73. The Morgan fingerprint density at radius 3 is 2.89 bits per heavy atom. The Hall–Kier alpha value is -2.08. The van der Waals surface area contributed by atoms with Crippen molar-refractivity contribution in [3.05, 3.63) is 50.6 Å². The van der Waals surface area contributed by atoms with Gasteiger partial charge in [0.25, 0.3) is 5.89 Å². The van der Waals surface area contributed by atoms with E-state index in [1.54, 1.807) is 23.0 Å². The molecular formula is C13H12N2O3S. The van der Waals surface area contributed by atoms with Crippen LogP contribution in [0.15, 0.2) is 37.4 Å². The molecule has 0 saturated heterocycles. The van der Waals surface area contributed by atoms with E-state index in [1.807, 2.05) is 19.2 Å². The Morgan fingerprint density at radius 2 is 2.26 bits per heavy atom. The highest BCUT2D eigenvalue weighted by Gasteiger charge is 2.15. The minimum atomic E-state index is 0.0134. The molecule has 3 aromatic rings. The van der Waals surface area contributed by atoms with Crippen LogP contribution in [0.3, 0.4) is 0 Å². The van der Waals surface area contributed by atoms with E-state index in [0.29, 0.717) is 24.0 Å². The molecule has 3 heterocycles. The van der Waals surface area contributed by atoms with E-state index in [4.69, 9.17) is 8.83 Å². The first-order chi connectivity index (χ1) is 9.15. The first-order valence-electron chi connectivity index (χ1n) is 5.80. The smallest absolute Gasteiger partial charge is 0.307 e. The van der Waals surface area contributed by atoms with Crippen molar-refractivity contribution in [1.29, 1.82) is 0 Å². The molecule has 6 heteroatoms. The van der Waals surface area contributed by atoms with Gasteiger partial charge in [0.15, 0.2) is 5.76 Å². The van der Waals surface area contributed by atoms with Gasteiger partial charge in [-0.15, -0.1) is 0 Å². The summed E-state index contributed by atoms with van der Waals surface area (Å²) in [7, 11) is 0. The van der Waals surface area contributed by atoms with Crippen LogP contribution in [0.25, 0.3) is 11.7 Å². The maximum atomic E-state index is 11.7. The number of thiazole rings is 1. The zero-order valence-corrected chi connectivity index (χ0v) is 11.4. The van der Waals surface area contributed by atoms with Crippen molar-refractivity contribution in [2.24, 2.45) is 0 Å². The van der Waals surface area contributed by atoms with E-state index < -0.39 is 0 Å². The van der Waals surface area contributed by atoms with Gasteiger partial charge in [-0.1, -0.05) is 11.3 Å². The average molecular weight is 276 g/mol. The minimum absolute atomic E-state index is 0.0134. The predicted octanol–water partition coefficient (Wildman–Crippen LogP) is 2.82. The molecule has 98 valence electrons. The van der Waals surface area contributed by atoms with Crippen LogP contribution in [0.2, 0.25) is 0 Å². The summed E-state index contributed by atoms with van der Waals surface area (Å²) in [5.41, 5.74) is 1.67. The van der Waals surface area contributed by atoms with Gasteiger partial charge in [0, 0.05) is 11.1 Å². The van der Waals surface area contributed by atoms with Gasteiger partial charge in [0.05, 0.1) is 12.8 Å². The van der Waals surface area contributed by atoms with Gasteiger partial charge in [0.2, 0.25) is 0 Å². The molecule has 0 unspecified atom stereocenters. The van der Waals surface area contributed by atoms with Crippen molar-refractivity contribution in [2.75, 3.05) is 0 Å². The molecule has 19 heavy (non-hydrogen) atoms. The van der Waals surface area contributed by atoms with Crippen molar-refractivity contribution in [3.63, 3.8) is 0 Å². The van der Waals surface area contributed by atoms with Gasteiger partial charge in [-0.2, -0.15) is 0 Å². The Kier molecular flexibility index (Phi) is 2.87. The third-order valence-corrected chi connectivity index (χ3v) is 3.79. The van der Waals surface area contributed by atoms with Crippen molar-refractivity contribution in [2.45, 2.75) is 20.4 Å². The van der Waals surface area contributed by atoms with Gasteiger partial charge in [-0.25, -0.2) is 4.98 Å². The second-order valence-electron chi connectivity index (χ2n) is 4.23. The SMILES string of the molecule is Cc1oc(-c2ccco2)nc1Cn1c(C)csc1=O. The van der Waals surface area contributed by atoms with Crippen LogP contribution >= 0.6 is 11.3 Å². The fraction of sp³-hybridized carbons (Fsp3) is 0.231. The lowest BCUT2D eigenvalue weighted by Crippen LogP contribution is -2.15. The summed E-state index contributed by atoms with van der Waals surface area (Å²) >= 11 is 1.19. The number of nitrogens with zero attached hydrogens (tertiary/aromatic N) is 2. The monoisotopic (exact) mass is 276 g/mol. The van der Waals surface area contributed by atoms with E-state index >= 15 is 0 Å². The molecule has 0 spiro atoms. The van der Waals surface area contributed by atoms with E-state index in [2.05, 4.69) is 4.98 Å². The molecule has 0 N–H and O–H groups in total. The molecule has 0 amide bonds. The van der Waals surface area contributed by atoms with Gasteiger partial charge < -0.3 is 8.83 Å². The first-order valence-corrected chi connectivity index (χ1v) is 6.68. The summed E-state index contributed by atoms with van der Waals surface area (Å²) in [6.45, 7) is 4.16. The van der Waals surface area contributed by atoms with E-state index in [-0.39, 0.29) is 4.87 Å². The lowest BCUT2D eigenvalue weighted by molar-refractivity contribution is 0.499. The Bertz CT molecular complexity index is 749. The summed E-state index contributed by atoms with van der Waals surface area (Å²) in [6, 6.07) is 3.57. The zero-order valence-electron chi connectivity index (χ0n) is 10.5. The fourth-order valence-corrected chi connectivity index (χ4v) is 2.56. The van der Waals surface area contributed by atoms with Crippen molar-refractivity contribution < 1.29 is 8.83 Å². The number of hydrogen-bond acceptors (Lipinski definition) is 5. The number of furan rings is 1. The molecule has 0 aliphatic heterocycles. The lowest BCUT2D eigenvalue weighted by atomic mass is 10.3. The van der Waals surface area contributed by atoms with Crippen molar-refractivity contribution >= 4 is 11.3 Å². The van der Waals surface area contributed by atoms with Crippen LogP contribution in [-0.2, 0) is 6.54 Å². The molecule has 5 nitrogen and oxygen atoms in total. The predicted molar refractivity (Wildman–Crippen MR) is 71.4 cm³/mol. The topological polar surface area (TPSA) is 61.2 Å². The van der Waals surface area contributed by atoms with Crippen LogP contribution < -0.4 is 4.87 Å². The van der Waals surface area contributed by atoms with E-state index in [9.17, 15) is 4.79 Å². The third-order valence-electron chi connectivity index (χ3n) is 2.91. The second-order valence-corrected chi connectivity index (χ2v) is 5.05. The fourth-order valence-electron chi connectivity index (χ4n) is 1.83. The molecule has 3 rings (SSSR count). The van der Waals surface area contributed by atoms with E-state index in [0.717, 1.165) is 11.4 Å². The second kappa shape index (κ2) is 4.55. The molecule has 0 saturated carbocycles. The van der Waals surface area contributed by atoms with Gasteiger partial charge >= 0.3 is 4.87 Å². The van der Waals surface area contributed by atoms with Gasteiger partial charge in [-0.3, -0.25) is 9.36 Å². The number of hydrogen-bond donors (Lipinski definition) is 0. The maximum Gasteiger partial charge on any atom is 0.307 e. The molecule has 0 fully saturated rings. The first kappa shape index (κ1) is 12.0. The zero-order chi connectivity index (χ0) is 13.4. The normalized spacial score (nSPS) is 11.1. The largest absolute Gasteiger partial charge is 0.459 e. The summed E-state index contributed by atoms with van der Waals surface area (Å²) in [6.07, 6.45) is 1.57. The molecule has 0 aliphatic rings. The standard InChI is InChI=1S/C13H12N2O3S/c1-8-7-19-13(16)15(8)6-10-9(2)18-12(14-10)11-4-3-5-17-11/h3-5,7H,6H2,1-2H3. The number of aromatic nitrogens is 2. The molecular weight excluding hydrogens is 264 g/mol. The highest BCUT2D eigenvalue weighted by atomic mass is 32.1. The Balaban J connectivity index is 1.96. The number of oxazole rings is 1. The highest BCUT2D eigenvalue weighted by molar-refractivity contribution is 7.07. The molecule has 0 atom stereocenters. The summed E-state index contributed by atoms with van der Waals surface area (Å²) < 4.78 is 12.5. The Labute approximate surface area is 113 Å². The van der Waals surface area contributed by atoms with Crippen LogP contribution in [0.5, 0.6) is 0 Å². The molecule has 0 bridgehead atoms. The molecule has 0 aromatic carbocycles. The lowest BCUT2D eigenvalue weighted by Gasteiger charge is -2.00. The van der Waals surface area contributed by atoms with Crippen LogP contribution in [0.1, 0.15) is 17.1 Å². The van der Waals surface area contributed by atoms with Crippen molar-refractivity contribution in [3.8, 4) is 11.7 Å². The number of rotatable bonds is 3. The Morgan fingerprint density at radius 1 is 1.42 bits per heavy atom. The quantitative estimate of drug-likeness (QED) is 0.738. The highest BCUT2D eigenvalue weighted by Crippen LogP contribution is 2.22. The molecule has 3 aromatic heterocycles. The molecule has 0 radical (unpaired) electrons. The maximum absolute atomic E-state index is 11.7. The minimum Gasteiger partial charge on any atom is -0.459 e. The van der Waals surface area contributed by atoms with Crippen LogP contribution in [-0.4, -0.2) is 9.55 Å².